The molecule has 0 heterocycles. The highest BCUT2D eigenvalue weighted by Crippen LogP contribution is 2.30. The Morgan fingerprint density at radius 2 is 1.79 bits per heavy atom. The number of rotatable bonds is 5. The molecular weight excluding hydrogens is 304 g/mol. The van der Waals surface area contributed by atoms with Crippen molar-refractivity contribution in [3.05, 3.63) is 64.1 Å². The normalized spacial score (nSPS) is 12.2. The SMILES string of the molecule is COc1ccccc1CC(CO)c1ccccc1Br. The zero-order chi connectivity index (χ0) is 13.7. The van der Waals surface area contributed by atoms with Gasteiger partial charge in [-0.3, -0.25) is 0 Å². The molecule has 0 aliphatic rings. The van der Waals surface area contributed by atoms with E-state index in [-0.39, 0.29) is 12.5 Å². The quantitative estimate of drug-likeness (QED) is 0.908. The number of benzene rings is 2. The molecule has 0 aliphatic heterocycles. The van der Waals surface area contributed by atoms with Crippen molar-refractivity contribution in [1.29, 1.82) is 0 Å². The van der Waals surface area contributed by atoms with Gasteiger partial charge in [-0.1, -0.05) is 52.3 Å². The van der Waals surface area contributed by atoms with Crippen LogP contribution >= 0.6 is 15.9 Å². The minimum absolute atomic E-state index is 0.0619. The Kier molecular flexibility index (Phi) is 5.00. The fraction of sp³-hybridized carbons (Fsp3) is 0.250. The molecule has 1 unspecified atom stereocenters. The molecule has 2 rings (SSSR count). The Labute approximate surface area is 122 Å². The lowest BCUT2D eigenvalue weighted by atomic mass is 9.92. The van der Waals surface area contributed by atoms with Crippen molar-refractivity contribution in [2.75, 3.05) is 13.7 Å². The van der Waals surface area contributed by atoms with Gasteiger partial charge in [-0.2, -0.15) is 0 Å². The van der Waals surface area contributed by atoms with E-state index >= 15 is 0 Å². The second-order valence-corrected chi connectivity index (χ2v) is 5.27. The lowest BCUT2D eigenvalue weighted by molar-refractivity contribution is 0.263. The summed E-state index contributed by atoms with van der Waals surface area (Å²) in [7, 11) is 1.67. The van der Waals surface area contributed by atoms with E-state index in [1.54, 1.807) is 7.11 Å². The summed E-state index contributed by atoms with van der Waals surface area (Å²) in [6.45, 7) is 0.112. The molecular formula is C16H17BrO2. The lowest BCUT2D eigenvalue weighted by Crippen LogP contribution is -2.09. The van der Waals surface area contributed by atoms with Crippen molar-refractivity contribution in [2.24, 2.45) is 0 Å². The van der Waals surface area contributed by atoms with E-state index in [1.165, 1.54) is 0 Å². The summed E-state index contributed by atoms with van der Waals surface area (Å²) in [5, 5.41) is 9.67. The largest absolute Gasteiger partial charge is 0.496 e. The molecule has 0 aliphatic carbocycles. The minimum Gasteiger partial charge on any atom is -0.496 e. The number of methoxy groups -OCH3 is 1. The standard InChI is InChI=1S/C16H17BrO2/c1-19-16-9-5-2-6-12(16)10-13(11-18)14-7-3-4-8-15(14)17/h2-9,13,18H,10-11H2,1H3. The molecule has 0 spiro atoms. The molecule has 0 saturated carbocycles. The van der Waals surface area contributed by atoms with Gasteiger partial charge in [-0.05, 0) is 29.7 Å². The molecule has 0 fully saturated rings. The zero-order valence-corrected chi connectivity index (χ0v) is 12.4. The minimum atomic E-state index is 0.0619. The van der Waals surface area contributed by atoms with Crippen LogP contribution in [0, 0.1) is 0 Å². The first kappa shape index (κ1) is 14.1. The van der Waals surface area contributed by atoms with E-state index in [1.807, 2.05) is 48.5 Å². The van der Waals surface area contributed by atoms with Crippen LogP contribution in [0.5, 0.6) is 5.75 Å². The van der Waals surface area contributed by atoms with Gasteiger partial charge in [0.1, 0.15) is 5.75 Å². The molecule has 2 aromatic rings. The van der Waals surface area contributed by atoms with E-state index in [0.717, 1.165) is 27.8 Å². The Morgan fingerprint density at radius 3 is 2.47 bits per heavy atom. The molecule has 100 valence electrons. The first-order chi connectivity index (χ1) is 9.26. The van der Waals surface area contributed by atoms with Gasteiger partial charge in [0.15, 0.2) is 0 Å². The number of aliphatic hydroxyl groups excluding tert-OH is 1. The number of aliphatic hydroxyl groups is 1. The van der Waals surface area contributed by atoms with E-state index in [2.05, 4.69) is 15.9 Å². The van der Waals surface area contributed by atoms with Crippen LogP contribution < -0.4 is 4.74 Å². The van der Waals surface area contributed by atoms with Crippen LogP contribution in [-0.4, -0.2) is 18.8 Å². The molecule has 3 heteroatoms. The van der Waals surface area contributed by atoms with Gasteiger partial charge in [0.2, 0.25) is 0 Å². The monoisotopic (exact) mass is 320 g/mol. The summed E-state index contributed by atoms with van der Waals surface area (Å²) in [6.07, 6.45) is 0.753. The van der Waals surface area contributed by atoms with Gasteiger partial charge >= 0.3 is 0 Å². The average molecular weight is 321 g/mol. The number of hydrogen-bond donors (Lipinski definition) is 1. The van der Waals surface area contributed by atoms with Gasteiger partial charge in [0.05, 0.1) is 13.7 Å². The molecule has 1 atom stereocenters. The van der Waals surface area contributed by atoms with Crippen molar-refractivity contribution in [2.45, 2.75) is 12.3 Å². The van der Waals surface area contributed by atoms with Crippen molar-refractivity contribution in [3.8, 4) is 5.75 Å². The fourth-order valence-electron chi connectivity index (χ4n) is 2.22. The summed E-state index contributed by atoms with van der Waals surface area (Å²) in [4.78, 5) is 0. The summed E-state index contributed by atoms with van der Waals surface area (Å²) >= 11 is 3.54. The summed E-state index contributed by atoms with van der Waals surface area (Å²) in [6, 6.07) is 15.9. The molecule has 2 nitrogen and oxygen atoms in total. The zero-order valence-electron chi connectivity index (χ0n) is 10.8. The van der Waals surface area contributed by atoms with Crippen LogP contribution in [0.3, 0.4) is 0 Å². The van der Waals surface area contributed by atoms with Gasteiger partial charge < -0.3 is 9.84 Å². The topological polar surface area (TPSA) is 29.5 Å². The molecule has 0 aromatic heterocycles. The predicted octanol–water partition coefficient (Wildman–Crippen LogP) is 3.78. The average Bonchev–Trinajstić information content (AvgIpc) is 2.46. The third-order valence-corrected chi connectivity index (χ3v) is 3.95. The van der Waals surface area contributed by atoms with Crippen molar-refractivity contribution >= 4 is 15.9 Å². The number of hydrogen-bond acceptors (Lipinski definition) is 2. The van der Waals surface area contributed by atoms with Crippen LogP contribution in [0.2, 0.25) is 0 Å². The van der Waals surface area contributed by atoms with Gasteiger partial charge in [0, 0.05) is 10.4 Å². The van der Waals surface area contributed by atoms with E-state index < -0.39 is 0 Å². The third kappa shape index (κ3) is 3.37. The molecule has 0 saturated heterocycles. The second-order valence-electron chi connectivity index (χ2n) is 4.42. The van der Waals surface area contributed by atoms with Crippen LogP contribution in [0.4, 0.5) is 0 Å². The lowest BCUT2D eigenvalue weighted by Gasteiger charge is -2.18. The van der Waals surface area contributed by atoms with Crippen molar-refractivity contribution in [3.63, 3.8) is 0 Å². The second kappa shape index (κ2) is 6.73. The first-order valence-electron chi connectivity index (χ1n) is 6.23. The maximum Gasteiger partial charge on any atom is 0.122 e. The molecule has 1 N–H and O–H groups in total. The molecule has 0 amide bonds. The summed E-state index contributed by atoms with van der Waals surface area (Å²) in [5.41, 5.74) is 2.23. The number of halogens is 1. The van der Waals surface area contributed by atoms with Gasteiger partial charge in [-0.25, -0.2) is 0 Å². The summed E-state index contributed by atoms with van der Waals surface area (Å²) < 4.78 is 6.39. The number of ether oxygens (including phenoxy) is 1. The summed E-state index contributed by atoms with van der Waals surface area (Å²) in [5.74, 6) is 0.930. The van der Waals surface area contributed by atoms with Crippen molar-refractivity contribution in [1.82, 2.24) is 0 Å². The highest BCUT2D eigenvalue weighted by atomic mass is 79.9. The molecule has 0 bridgehead atoms. The smallest absolute Gasteiger partial charge is 0.122 e. The van der Waals surface area contributed by atoms with E-state index in [4.69, 9.17) is 4.74 Å². The van der Waals surface area contributed by atoms with Crippen LogP contribution in [0.15, 0.2) is 53.0 Å². The first-order valence-corrected chi connectivity index (χ1v) is 7.02. The van der Waals surface area contributed by atoms with E-state index in [0.29, 0.717) is 0 Å². The highest BCUT2D eigenvalue weighted by molar-refractivity contribution is 9.10. The maximum absolute atomic E-state index is 9.67. The Balaban J connectivity index is 2.27. The number of para-hydroxylation sites is 1. The third-order valence-electron chi connectivity index (χ3n) is 3.22. The van der Waals surface area contributed by atoms with Gasteiger partial charge in [0.25, 0.3) is 0 Å². The maximum atomic E-state index is 9.67. The van der Waals surface area contributed by atoms with Crippen molar-refractivity contribution < 1.29 is 9.84 Å². The Bertz CT molecular complexity index is 540. The molecule has 2 aromatic carbocycles. The Hall–Kier alpha value is -1.32. The van der Waals surface area contributed by atoms with Crippen LogP contribution in [0.1, 0.15) is 17.0 Å². The Morgan fingerprint density at radius 1 is 1.11 bits per heavy atom. The molecule has 0 radical (unpaired) electrons. The van der Waals surface area contributed by atoms with Crippen LogP contribution in [0.25, 0.3) is 0 Å². The van der Waals surface area contributed by atoms with Crippen LogP contribution in [-0.2, 0) is 6.42 Å². The fourth-order valence-corrected chi connectivity index (χ4v) is 2.82. The molecule has 19 heavy (non-hydrogen) atoms. The highest BCUT2D eigenvalue weighted by Gasteiger charge is 2.16. The predicted molar refractivity (Wildman–Crippen MR) is 80.7 cm³/mol. The van der Waals surface area contributed by atoms with E-state index in [9.17, 15) is 5.11 Å². The van der Waals surface area contributed by atoms with Gasteiger partial charge in [-0.15, -0.1) is 0 Å².